The molecule has 100 valence electrons. The van der Waals surface area contributed by atoms with Crippen molar-refractivity contribution >= 4 is 21.9 Å². The molecule has 18 heavy (non-hydrogen) atoms. The van der Waals surface area contributed by atoms with Gasteiger partial charge in [0, 0.05) is 10.0 Å². The fraction of sp³-hybridized carbons (Fsp3) is 0.500. The van der Waals surface area contributed by atoms with E-state index in [4.69, 9.17) is 10.5 Å². The molecule has 0 aromatic heterocycles. The molecule has 0 amide bonds. The smallest absolute Gasteiger partial charge is 0.308 e. The standard InChI is InChI=1S/C14H20BrNO2/c1-13(2,3)18-12(17)9-14(4,16)10-5-7-11(15)8-6-10/h5-8H,9,16H2,1-4H3. The Morgan fingerprint density at radius 2 is 1.72 bits per heavy atom. The van der Waals surface area contributed by atoms with E-state index in [-0.39, 0.29) is 12.4 Å². The monoisotopic (exact) mass is 313 g/mol. The molecule has 0 aliphatic rings. The third-order valence-electron chi connectivity index (χ3n) is 2.44. The van der Waals surface area contributed by atoms with Crippen LogP contribution in [0.5, 0.6) is 0 Å². The van der Waals surface area contributed by atoms with Crippen molar-refractivity contribution < 1.29 is 9.53 Å². The fourth-order valence-electron chi connectivity index (χ4n) is 1.61. The van der Waals surface area contributed by atoms with Gasteiger partial charge in [0.25, 0.3) is 0 Å². The van der Waals surface area contributed by atoms with E-state index in [2.05, 4.69) is 15.9 Å². The van der Waals surface area contributed by atoms with E-state index < -0.39 is 11.1 Å². The lowest BCUT2D eigenvalue weighted by molar-refractivity contribution is -0.156. The van der Waals surface area contributed by atoms with E-state index in [0.29, 0.717) is 0 Å². The highest BCUT2D eigenvalue weighted by Gasteiger charge is 2.27. The highest BCUT2D eigenvalue weighted by atomic mass is 79.9. The van der Waals surface area contributed by atoms with Crippen LogP contribution in [-0.4, -0.2) is 11.6 Å². The highest BCUT2D eigenvalue weighted by Crippen LogP contribution is 2.24. The van der Waals surface area contributed by atoms with Gasteiger partial charge >= 0.3 is 5.97 Å². The van der Waals surface area contributed by atoms with Crippen LogP contribution in [0.2, 0.25) is 0 Å². The molecule has 1 aromatic carbocycles. The second-order valence-electron chi connectivity index (χ2n) is 5.69. The van der Waals surface area contributed by atoms with Gasteiger partial charge in [0.05, 0.1) is 6.42 Å². The maximum Gasteiger partial charge on any atom is 0.308 e. The Morgan fingerprint density at radius 1 is 1.22 bits per heavy atom. The van der Waals surface area contributed by atoms with Crippen LogP contribution in [0.3, 0.4) is 0 Å². The number of hydrogen-bond acceptors (Lipinski definition) is 3. The Labute approximate surface area is 117 Å². The Hall–Kier alpha value is -0.870. The normalized spacial score (nSPS) is 15.0. The summed E-state index contributed by atoms with van der Waals surface area (Å²) in [5.41, 5.74) is 5.91. The summed E-state index contributed by atoms with van der Waals surface area (Å²) in [6.45, 7) is 7.37. The molecule has 2 N–H and O–H groups in total. The minimum atomic E-state index is -0.719. The third-order valence-corrected chi connectivity index (χ3v) is 2.96. The molecule has 0 saturated heterocycles. The largest absolute Gasteiger partial charge is 0.460 e. The van der Waals surface area contributed by atoms with Crippen molar-refractivity contribution in [2.75, 3.05) is 0 Å². The minimum absolute atomic E-state index is 0.159. The van der Waals surface area contributed by atoms with E-state index in [0.717, 1.165) is 10.0 Å². The molecule has 0 aliphatic heterocycles. The average molecular weight is 314 g/mol. The molecule has 0 aliphatic carbocycles. The number of nitrogens with two attached hydrogens (primary N) is 1. The second-order valence-corrected chi connectivity index (χ2v) is 6.60. The minimum Gasteiger partial charge on any atom is -0.460 e. The van der Waals surface area contributed by atoms with Crippen molar-refractivity contribution in [3.05, 3.63) is 34.3 Å². The van der Waals surface area contributed by atoms with E-state index in [9.17, 15) is 4.79 Å². The van der Waals surface area contributed by atoms with Crippen molar-refractivity contribution in [1.82, 2.24) is 0 Å². The number of hydrogen-bond donors (Lipinski definition) is 1. The number of benzene rings is 1. The lowest BCUT2D eigenvalue weighted by Gasteiger charge is -2.27. The molecular formula is C14H20BrNO2. The molecule has 1 rings (SSSR count). The SMILES string of the molecule is CC(C)(C)OC(=O)CC(C)(N)c1ccc(Br)cc1. The highest BCUT2D eigenvalue weighted by molar-refractivity contribution is 9.10. The summed E-state index contributed by atoms with van der Waals surface area (Å²) in [6, 6.07) is 7.65. The number of carbonyl (C=O) groups excluding carboxylic acids is 1. The Bertz CT molecular complexity index is 418. The van der Waals surface area contributed by atoms with Crippen molar-refractivity contribution in [3.63, 3.8) is 0 Å². The first-order chi connectivity index (χ1) is 8.10. The Balaban J connectivity index is 2.75. The number of carbonyl (C=O) groups is 1. The molecular weight excluding hydrogens is 294 g/mol. The maximum atomic E-state index is 11.8. The van der Waals surface area contributed by atoms with Crippen molar-refractivity contribution in [2.24, 2.45) is 5.73 Å². The van der Waals surface area contributed by atoms with Gasteiger partial charge in [-0.3, -0.25) is 4.79 Å². The third kappa shape index (κ3) is 4.78. The molecule has 0 heterocycles. The molecule has 1 unspecified atom stereocenters. The van der Waals surface area contributed by atoms with E-state index in [1.165, 1.54) is 0 Å². The number of ether oxygens (including phenoxy) is 1. The lowest BCUT2D eigenvalue weighted by atomic mass is 9.90. The van der Waals surface area contributed by atoms with Gasteiger partial charge in [0.2, 0.25) is 0 Å². The zero-order chi connectivity index (χ0) is 14.0. The van der Waals surface area contributed by atoms with Gasteiger partial charge in [-0.15, -0.1) is 0 Å². The van der Waals surface area contributed by atoms with E-state index in [1.807, 2.05) is 52.0 Å². The van der Waals surface area contributed by atoms with Gasteiger partial charge in [-0.05, 0) is 45.4 Å². The van der Waals surface area contributed by atoms with Crippen LogP contribution in [0.25, 0.3) is 0 Å². The Morgan fingerprint density at radius 3 is 2.17 bits per heavy atom. The van der Waals surface area contributed by atoms with Crippen molar-refractivity contribution in [1.29, 1.82) is 0 Å². The fourth-order valence-corrected chi connectivity index (χ4v) is 1.87. The van der Waals surface area contributed by atoms with Crippen LogP contribution in [0.4, 0.5) is 0 Å². The Kier molecular flexibility index (Phi) is 4.56. The summed E-state index contributed by atoms with van der Waals surface area (Å²) in [7, 11) is 0. The summed E-state index contributed by atoms with van der Waals surface area (Å²) in [5, 5.41) is 0. The van der Waals surface area contributed by atoms with Gasteiger partial charge in [-0.2, -0.15) is 0 Å². The van der Waals surface area contributed by atoms with Crippen molar-refractivity contribution in [2.45, 2.75) is 45.3 Å². The van der Waals surface area contributed by atoms with Gasteiger partial charge in [-0.1, -0.05) is 28.1 Å². The van der Waals surface area contributed by atoms with E-state index >= 15 is 0 Å². The molecule has 4 heteroatoms. The zero-order valence-electron chi connectivity index (χ0n) is 11.3. The second kappa shape index (κ2) is 5.41. The van der Waals surface area contributed by atoms with Gasteiger partial charge < -0.3 is 10.5 Å². The topological polar surface area (TPSA) is 52.3 Å². The predicted octanol–water partition coefficient (Wildman–Crippen LogP) is 3.35. The average Bonchev–Trinajstić information content (AvgIpc) is 2.13. The molecule has 3 nitrogen and oxygen atoms in total. The van der Waals surface area contributed by atoms with Crippen molar-refractivity contribution in [3.8, 4) is 0 Å². The maximum absolute atomic E-state index is 11.8. The van der Waals surface area contributed by atoms with E-state index in [1.54, 1.807) is 0 Å². The van der Waals surface area contributed by atoms with Gasteiger partial charge in [0.15, 0.2) is 0 Å². The first kappa shape index (κ1) is 15.2. The summed E-state index contributed by atoms with van der Waals surface area (Å²) < 4.78 is 6.28. The van der Waals surface area contributed by atoms with Crippen LogP contribution < -0.4 is 5.73 Å². The molecule has 0 radical (unpaired) electrons. The molecule has 0 fully saturated rings. The number of halogens is 1. The molecule has 0 saturated carbocycles. The van der Waals surface area contributed by atoms with Gasteiger partial charge in [0.1, 0.15) is 5.60 Å². The summed E-state index contributed by atoms with van der Waals surface area (Å²) in [4.78, 5) is 11.8. The van der Waals surface area contributed by atoms with Crippen LogP contribution in [0.1, 0.15) is 39.7 Å². The first-order valence-corrected chi connectivity index (χ1v) is 6.66. The number of esters is 1. The van der Waals surface area contributed by atoms with Crippen LogP contribution >= 0.6 is 15.9 Å². The summed E-state index contributed by atoms with van der Waals surface area (Å²) in [5.74, 6) is -0.282. The molecule has 0 spiro atoms. The predicted molar refractivity (Wildman–Crippen MR) is 76.1 cm³/mol. The van der Waals surface area contributed by atoms with Crippen LogP contribution in [0, 0.1) is 0 Å². The quantitative estimate of drug-likeness (QED) is 0.871. The number of rotatable bonds is 3. The zero-order valence-corrected chi connectivity index (χ0v) is 12.9. The van der Waals surface area contributed by atoms with Gasteiger partial charge in [-0.25, -0.2) is 0 Å². The molecule has 0 bridgehead atoms. The molecule has 1 atom stereocenters. The lowest BCUT2D eigenvalue weighted by Crippen LogP contribution is -2.37. The van der Waals surface area contributed by atoms with Crippen LogP contribution in [-0.2, 0) is 15.1 Å². The summed E-state index contributed by atoms with van der Waals surface area (Å²) in [6.07, 6.45) is 0.159. The summed E-state index contributed by atoms with van der Waals surface area (Å²) >= 11 is 3.37. The van der Waals surface area contributed by atoms with Crippen LogP contribution in [0.15, 0.2) is 28.7 Å². The first-order valence-electron chi connectivity index (χ1n) is 5.87. The molecule has 1 aromatic rings.